The number of allylic oxidation sites excluding steroid dienone is 12. The fraction of sp³-hybridized carbons (Fsp3) is 0.581. The standard InChI is InChI=1S/C26H28F6NS2.C26H18F6NS2.2C5H6F6O2.Cu/c2*1-22-16(12-18(34-22)14-6-4-3-5-7-14)20-21(25(29,30)26(31,32)24(20,27)28)17-13-19(35-23(17,22)2)15-8-10-33-11-9-15;2*6-4(7,8)2(12)1-3(13)5(9,10)11;/h12-15H,3-11H2,1-2H3;3-10,12-13H,11H2,1-2H3;2*2-3,12-13H,1H2;/q2*-1;;;+2. The zero-order valence-electron chi connectivity index (χ0n) is 50.6. The summed E-state index contributed by atoms with van der Waals surface area (Å²) in [7, 11) is 0. The topological polar surface area (TPSA) is 109 Å². The molecule has 4 fully saturated rings. The van der Waals surface area contributed by atoms with Crippen LogP contribution in [0.1, 0.15) is 91.0 Å². The minimum atomic E-state index is -5.55. The third kappa shape index (κ3) is 13.3. The number of halogens is 24. The quantitative estimate of drug-likeness (QED) is 0.151. The number of piperidine rings is 1. The van der Waals surface area contributed by atoms with Gasteiger partial charge < -0.3 is 31.1 Å². The maximum atomic E-state index is 15.4. The molecule has 6 nitrogen and oxygen atoms in total. The van der Waals surface area contributed by atoms with E-state index < -0.39 is 139 Å². The molecular weight excluding hydrogens is 1480 g/mol. The maximum Gasteiger partial charge on any atom is 2.00 e. The SMILES string of the molecule is CC12SC(C3=CC[N-]C=C3)=CC1=C1C(=C3C=C(c4ccccc4)SC32C)C(F)(F)C(F)(F)C1(F)F.CC12SC(C3CCCCC3)=CC1=C1C(=C3C=C(C4CC[N-]CC4)SC32C)C(F)(F)C(F)(F)C1(F)F.OC(CC(O)C(F)(F)F)C(F)(F)F.OC(CC(O)C(F)(F)F)C(F)(F)F.[Cu+2]. The van der Waals surface area contributed by atoms with Gasteiger partial charge in [0, 0.05) is 44.9 Å². The molecule has 6 heterocycles. The van der Waals surface area contributed by atoms with Gasteiger partial charge >= 0.3 is 77.3 Å². The minimum Gasteiger partial charge on any atom is -0.687 e. The van der Waals surface area contributed by atoms with Crippen LogP contribution in [0.25, 0.3) is 15.5 Å². The molecule has 97 heavy (non-hydrogen) atoms. The maximum absolute atomic E-state index is 15.4. The minimum absolute atomic E-state index is 0. The average molecular weight is 1540 g/mol. The summed E-state index contributed by atoms with van der Waals surface area (Å²) in [6.07, 6.45) is -19.3. The van der Waals surface area contributed by atoms with Crippen molar-refractivity contribution in [1.82, 2.24) is 0 Å². The fourth-order valence-electron chi connectivity index (χ4n) is 13.1. The molecule has 0 bridgehead atoms. The molecular formula is C62H58CuF24N2O4S4. The van der Waals surface area contributed by atoms with Gasteiger partial charge in [0.25, 0.3) is 0 Å². The largest absolute Gasteiger partial charge is 2.00 e. The number of alkyl halides is 24. The molecule has 1 aromatic rings. The van der Waals surface area contributed by atoms with Crippen molar-refractivity contribution in [2.75, 3.05) is 19.6 Å². The van der Waals surface area contributed by atoms with E-state index in [0.717, 1.165) is 54.8 Å². The second kappa shape index (κ2) is 26.6. The van der Waals surface area contributed by atoms with Crippen LogP contribution < -0.4 is 0 Å². The molecule has 1 saturated heterocycles. The van der Waals surface area contributed by atoms with E-state index >= 15 is 35.1 Å². The van der Waals surface area contributed by atoms with Gasteiger partial charge in [-0.05, 0) is 120 Å². The predicted octanol–water partition coefficient (Wildman–Crippen LogP) is 19.4. The van der Waals surface area contributed by atoms with Crippen LogP contribution in [0.15, 0.2) is 138 Å². The van der Waals surface area contributed by atoms with Gasteiger partial charge in [0.05, 0.1) is 19.0 Å². The van der Waals surface area contributed by atoms with Gasteiger partial charge in [0.15, 0.2) is 24.4 Å². The van der Waals surface area contributed by atoms with Crippen LogP contribution in [0.4, 0.5) is 105 Å². The Kier molecular flexibility index (Phi) is 21.7. The van der Waals surface area contributed by atoms with Crippen LogP contribution in [0.5, 0.6) is 0 Å². The van der Waals surface area contributed by atoms with Gasteiger partial charge in [-0.15, -0.1) is 66.7 Å². The van der Waals surface area contributed by atoms with Crippen molar-refractivity contribution in [3.8, 4) is 0 Å². The molecule has 11 aliphatic rings. The average Bonchev–Trinajstić information content (AvgIpc) is 1.50. The molecule has 0 aromatic heterocycles. The van der Waals surface area contributed by atoms with E-state index in [2.05, 4.69) is 10.6 Å². The first-order valence-electron chi connectivity index (χ1n) is 29.4. The third-order valence-corrected chi connectivity index (χ3v) is 25.8. The number of rotatable bonds is 8. The number of nitrogens with zero attached hydrogens (tertiary/aromatic N) is 2. The Morgan fingerprint density at radius 2 is 0.784 bits per heavy atom. The van der Waals surface area contributed by atoms with Crippen LogP contribution in [-0.4, -0.2) is 144 Å². The monoisotopic (exact) mass is 1540 g/mol. The van der Waals surface area contributed by atoms with Gasteiger partial charge in [0.2, 0.25) is 0 Å². The van der Waals surface area contributed by atoms with E-state index in [1.54, 1.807) is 88.5 Å². The molecule has 0 spiro atoms. The summed E-state index contributed by atoms with van der Waals surface area (Å²) in [4.78, 5) is 2.88. The third-order valence-electron chi connectivity index (χ3n) is 18.9. The predicted molar refractivity (Wildman–Crippen MR) is 316 cm³/mol. The van der Waals surface area contributed by atoms with E-state index in [0.29, 0.717) is 40.6 Å². The molecule has 8 atom stereocenters. The van der Waals surface area contributed by atoms with Crippen molar-refractivity contribution in [2.45, 2.75) is 189 Å². The summed E-state index contributed by atoms with van der Waals surface area (Å²) in [6, 6.07) is 8.92. The van der Waals surface area contributed by atoms with E-state index in [9.17, 15) is 70.2 Å². The van der Waals surface area contributed by atoms with E-state index in [1.165, 1.54) is 59.2 Å². The first-order chi connectivity index (χ1) is 43.8. The Morgan fingerprint density at radius 3 is 1.13 bits per heavy atom. The molecule has 35 heteroatoms. The molecule has 1 radical (unpaired) electrons. The smallest absolute Gasteiger partial charge is 0.687 e. The molecule has 8 unspecified atom stereocenters. The van der Waals surface area contributed by atoms with Crippen molar-refractivity contribution in [3.05, 3.63) is 154 Å². The molecule has 6 aliphatic heterocycles. The van der Waals surface area contributed by atoms with Crippen molar-refractivity contribution < 1.29 is 143 Å². The fourth-order valence-corrected chi connectivity index (χ4v) is 19.8. The summed E-state index contributed by atoms with van der Waals surface area (Å²) in [5, 5.41) is 41.0. The van der Waals surface area contributed by atoms with Crippen LogP contribution in [0, 0.1) is 11.8 Å². The zero-order chi connectivity index (χ0) is 71.8. The van der Waals surface area contributed by atoms with E-state index in [4.69, 9.17) is 20.4 Å². The van der Waals surface area contributed by atoms with Gasteiger partial charge in [-0.1, -0.05) is 74.6 Å². The summed E-state index contributed by atoms with van der Waals surface area (Å²) in [5.41, 5.74) is -3.68. The Hall–Kier alpha value is -3.54. The van der Waals surface area contributed by atoms with Crippen molar-refractivity contribution in [1.29, 1.82) is 0 Å². The van der Waals surface area contributed by atoms with Gasteiger partial charge in [0.1, 0.15) is 0 Å². The number of thioether (sulfide) groups is 4. The second-order valence-corrected chi connectivity index (χ2v) is 30.8. The first kappa shape index (κ1) is 79.2. The van der Waals surface area contributed by atoms with Crippen LogP contribution in [0.2, 0.25) is 0 Å². The normalized spacial score (nSPS) is 30.9. The Balaban J connectivity index is 0.000000182. The van der Waals surface area contributed by atoms with Crippen molar-refractivity contribution in [3.63, 3.8) is 0 Å². The molecule has 543 valence electrons. The van der Waals surface area contributed by atoms with Crippen molar-refractivity contribution >= 4 is 52.0 Å². The Morgan fingerprint density at radius 1 is 0.454 bits per heavy atom. The van der Waals surface area contributed by atoms with Crippen LogP contribution in [0.3, 0.4) is 0 Å². The van der Waals surface area contributed by atoms with E-state index in [1.807, 2.05) is 0 Å². The Labute approximate surface area is 566 Å². The van der Waals surface area contributed by atoms with Crippen LogP contribution in [-0.2, 0) is 17.1 Å². The van der Waals surface area contributed by atoms with Crippen LogP contribution >= 0.6 is 47.0 Å². The summed E-state index contributed by atoms with van der Waals surface area (Å²) in [6.45, 7) is 8.68. The molecule has 4 N–H and O–H groups in total. The Bertz CT molecular complexity index is 3380. The zero-order valence-corrected chi connectivity index (χ0v) is 54.8. The summed E-state index contributed by atoms with van der Waals surface area (Å²) >= 11 is 5.39. The number of benzene rings is 1. The number of hydrogen-bond acceptors (Lipinski definition) is 8. The number of hydrogen-bond donors (Lipinski definition) is 4. The first-order valence-corrected chi connectivity index (χ1v) is 32.7. The van der Waals surface area contributed by atoms with Crippen molar-refractivity contribution in [2.24, 2.45) is 11.8 Å². The number of fused-ring (bicyclic) bond motifs is 8. The summed E-state index contributed by atoms with van der Waals surface area (Å²) < 4.78 is 315. The van der Waals surface area contributed by atoms with Gasteiger partial charge in [-0.3, -0.25) is 0 Å². The number of aliphatic hydroxyl groups is 4. The van der Waals surface area contributed by atoms with Gasteiger partial charge in [-0.2, -0.15) is 112 Å². The van der Waals surface area contributed by atoms with Gasteiger partial charge in [-0.25, -0.2) is 0 Å². The molecule has 1 aromatic carbocycles. The van der Waals surface area contributed by atoms with E-state index in [-0.39, 0.29) is 51.2 Å². The molecule has 3 saturated carbocycles. The molecule has 12 rings (SSSR count). The number of aliphatic hydroxyl groups excluding tert-OH is 4. The molecule has 0 amide bonds. The molecule has 5 aliphatic carbocycles. The summed E-state index contributed by atoms with van der Waals surface area (Å²) in [5.74, 6) is -30.7. The second-order valence-electron chi connectivity index (χ2n) is 24.9.